The van der Waals surface area contributed by atoms with Crippen LogP contribution in [0.2, 0.25) is 0 Å². The van der Waals surface area contributed by atoms with Gasteiger partial charge < -0.3 is 5.73 Å². The summed E-state index contributed by atoms with van der Waals surface area (Å²) in [5.41, 5.74) is 7.74. The molecule has 2 rings (SSSR count). The Morgan fingerprint density at radius 1 is 1.33 bits per heavy atom. The standard InChI is InChI=1S/C12H16N2O2S2/c13-12(17)6-7-14-18(15,16)11-5-4-9-2-1-3-10(9)8-11/h4-5,8,14H,1-3,6-7H2,(H2,13,17). The first-order chi connectivity index (χ1) is 8.49. The summed E-state index contributed by atoms with van der Waals surface area (Å²) in [7, 11) is -3.44. The first kappa shape index (κ1) is 13.5. The number of thiocarbonyl (C=S) groups is 1. The molecule has 1 aromatic rings. The highest BCUT2D eigenvalue weighted by Gasteiger charge is 2.17. The minimum atomic E-state index is -3.44. The van der Waals surface area contributed by atoms with Crippen molar-refractivity contribution in [2.24, 2.45) is 5.73 Å². The van der Waals surface area contributed by atoms with Crippen LogP contribution in [0.3, 0.4) is 0 Å². The fourth-order valence-corrected chi connectivity index (χ4v) is 3.29. The van der Waals surface area contributed by atoms with E-state index in [2.05, 4.69) is 4.72 Å². The summed E-state index contributed by atoms with van der Waals surface area (Å²) in [5, 5.41) is 0. The lowest BCUT2D eigenvalue weighted by Crippen LogP contribution is -2.27. The van der Waals surface area contributed by atoms with Crippen LogP contribution in [0.5, 0.6) is 0 Å². The Balaban J connectivity index is 2.12. The molecule has 0 bridgehead atoms. The number of aryl methyl sites for hydroxylation is 2. The van der Waals surface area contributed by atoms with Gasteiger partial charge in [-0.3, -0.25) is 0 Å². The number of benzene rings is 1. The summed E-state index contributed by atoms with van der Waals surface area (Å²) in [6.07, 6.45) is 3.49. The molecule has 3 N–H and O–H groups in total. The van der Waals surface area contributed by atoms with E-state index in [-0.39, 0.29) is 6.54 Å². The third kappa shape index (κ3) is 3.07. The molecule has 4 nitrogen and oxygen atoms in total. The number of hydrogen-bond donors (Lipinski definition) is 2. The molecule has 0 aliphatic heterocycles. The molecule has 1 aromatic carbocycles. The molecule has 0 atom stereocenters. The van der Waals surface area contributed by atoms with E-state index in [4.69, 9.17) is 18.0 Å². The molecule has 0 radical (unpaired) electrons. The van der Waals surface area contributed by atoms with Crippen molar-refractivity contribution in [1.82, 2.24) is 4.72 Å². The molecule has 18 heavy (non-hydrogen) atoms. The smallest absolute Gasteiger partial charge is 0.240 e. The summed E-state index contributed by atoms with van der Waals surface area (Å²) >= 11 is 4.71. The summed E-state index contributed by atoms with van der Waals surface area (Å²) in [5.74, 6) is 0. The van der Waals surface area contributed by atoms with Gasteiger partial charge in [-0.15, -0.1) is 0 Å². The molecule has 0 saturated carbocycles. The van der Waals surface area contributed by atoms with Gasteiger partial charge in [-0.25, -0.2) is 13.1 Å². The normalized spacial score (nSPS) is 14.4. The number of fused-ring (bicyclic) bond motifs is 1. The molecule has 0 amide bonds. The van der Waals surface area contributed by atoms with Gasteiger partial charge in [-0.1, -0.05) is 18.3 Å². The monoisotopic (exact) mass is 284 g/mol. The van der Waals surface area contributed by atoms with Crippen LogP contribution in [0.15, 0.2) is 23.1 Å². The topological polar surface area (TPSA) is 72.2 Å². The van der Waals surface area contributed by atoms with Gasteiger partial charge in [0.2, 0.25) is 10.0 Å². The Morgan fingerprint density at radius 3 is 2.78 bits per heavy atom. The van der Waals surface area contributed by atoms with Crippen LogP contribution >= 0.6 is 12.2 Å². The van der Waals surface area contributed by atoms with Crippen LogP contribution in [0.25, 0.3) is 0 Å². The minimum absolute atomic E-state index is 0.245. The zero-order chi connectivity index (χ0) is 13.2. The Hall–Kier alpha value is -0.980. The van der Waals surface area contributed by atoms with Crippen molar-refractivity contribution in [2.75, 3.05) is 6.54 Å². The lowest BCUT2D eigenvalue weighted by atomic mass is 10.1. The van der Waals surface area contributed by atoms with Crippen LogP contribution in [-0.4, -0.2) is 20.0 Å². The van der Waals surface area contributed by atoms with E-state index in [1.165, 1.54) is 5.56 Å². The van der Waals surface area contributed by atoms with Crippen LogP contribution < -0.4 is 10.5 Å². The zero-order valence-electron chi connectivity index (χ0n) is 9.98. The van der Waals surface area contributed by atoms with Gasteiger partial charge in [0.05, 0.1) is 9.88 Å². The summed E-state index contributed by atoms with van der Waals surface area (Å²) < 4.78 is 26.5. The summed E-state index contributed by atoms with van der Waals surface area (Å²) in [4.78, 5) is 0.637. The number of rotatable bonds is 5. The van der Waals surface area contributed by atoms with Gasteiger partial charge in [0.1, 0.15) is 0 Å². The fourth-order valence-electron chi connectivity index (χ4n) is 2.11. The van der Waals surface area contributed by atoms with Crippen molar-refractivity contribution in [3.05, 3.63) is 29.3 Å². The molecule has 0 unspecified atom stereocenters. The molecule has 0 saturated heterocycles. The van der Waals surface area contributed by atoms with E-state index in [1.807, 2.05) is 6.07 Å². The van der Waals surface area contributed by atoms with E-state index in [9.17, 15) is 8.42 Å². The van der Waals surface area contributed by atoms with Crippen LogP contribution in [0, 0.1) is 0 Å². The van der Waals surface area contributed by atoms with E-state index in [0.717, 1.165) is 24.8 Å². The summed E-state index contributed by atoms with van der Waals surface area (Å²) in [6.45, 7) is 0.245. The average Bonchev–Trinajstić information content (AvgIpc) is 2.74. The second kappa shape index (κ2) is 5.34. The van der Waals surface area contributed by atoms with Crippen LogP contribution in [0.4, 0.5) is 0 Å². The Morgan fingerprint density at radius 2 is 2.06 bits per heavy atom. The molecule has 0 aromatic heterocycles. The molecular weight excluding hydrogens is 268 g/mol. The van der Waals surface area contributed by atoms with Crippen LogP contribution in [0.1, 0.15) is 24.0 Å². The van der Waals surface area contributed by atoms with Crippen molar-refractivity contribution < 1.29 is 8.42 Å². The van der Waals surface area contributed by atoms with Gasteiger partial charge in [0.15, 0.2) is 0 Å². The van der Waals surface area contributed by atoms with E-state index in [0.29, 0.717) is 16.3 Å². The minimum Gasteiger partial charge on any atom is -0.393 e. The highest BCUT2D eigenvalue weighted by atomic mass is 32.2. The zero-order valence-corrected chi connectivity index (χ0v) is 11.6. The average molecular weight is 284 g/mol. The molecule has 0 spiro atoms. The molecule has 0 fully saturated rings. The molecule has 0 heterocycles. The predicted octanol–water partition coefficient (Wildman–Crippen LogP) is 1.13. The Labute approximate surface area is 113 Å². The van der Waals surface area contributed by atoms with Crippen molar-refractivity contribution in [3.63, 3.8) is 0 Å². The maximum Gasteiger partial charge on any atom is 0.240 e. The third-order valence-electron chi connectivity index (χ3n) is 3.04. The van der Waals surface area contributed by atoms with Gasteiger partial charge in [-0.05, 0) is 42.5 Å². The van der Waals surface area contributed by atoms with Gasteiger partial charge in [-0.2, -0.15) is 0 Å². The van der Waals surface area contributed by atoms with Crippen molar-refractivity contribution in [1.29, 1.82) is 0 Å². The number of nitrogens with two attached hydrogens (primary N) is 1. The predicted molar refractivity (Wildman–Crippen MR) is 75.1 cm³/mol. The molecule has 1 aliphatic carbocycles. The Kier molecular flexibility index (Phi) is 3.99. The highest BCUT2D eigenvalue weighted by Crippen LogP contribution is 2.24. The molecule has 1 aliphatic rings. The highest BCUT2D eigenvalue weighted by molar-refractivity contribution is 7.89. The van der Waals surface area contributed by atoms with Gasteiger partial charge in [0, 0.05) is 13.0 Å². The number of nitrogens with one attached hydrogen (secondary N) is 1. The van der Waals surface area contributed by atoms with Crippen molar-refractivity contribution >= 4 is 27.2 Å². The fraction of sp³-hybridized carbons (Fsp3) is 0.417. The lowest BCUT2D eigenvalue weighted by Gasteiger charge is -2.08. The van der Waals surface area contributed by atoms with E-state index in [1.54, 1.807) is 12.1 Å². The van der Waals surface area contributed by atoms with Crippen molar-refractivity contribution in [3.8, 4) is 0 Å². The first-order valence-corrected chi connectivity index (χ1v) is 7.78. The second-order valence-corrected chi connectivity index (χ2v) is 6.69. The van der Waals surface area contributed by atoms with Crippen molar-refractivity contribution in [2.45, 2.75) is 30.6 Å². The van der Waals surface area contributed by atoms with Crippen LogP contribution in [-0.2, 0) is 22.9 Å². The Bertz CT molecular complexity index is 567. The maximum atomic E-state index is 12.0. The maximum absolute atomic E-state index is 12.0. The van der Waals surface area contributed by atoms with Gasteiger partial charge in [0.25, 0.3) is 0 Å². The lowest BCUT2D eigenvalue weighted by molar-refractivity contribution is 0.582. The quantitative estimate of drug-likeness (QED) is 0.795. The largest absolute Gasteiger partial charge is 0.393 e. The number of hydrogen-bond acceptors (Lipinski definition) is 3. The second-order valence-electron chi connectivity index (χ2n) is 4.40. The first-order valence-electron chi connectivity index (χ1n) is 5.89. The summed E-state index contributed by atoms with van der Waals surface area (Å²) in [6, 6.07) is 5.34. The molecule has 98 valence electrons. The SMILES string of the molecule is NC(=S)CCNS(=O)(=O)c1ccc2c(c1)CCC2. The number of sulfonamides is 1. The van der Waals surface area contributed by atoms with E-state index < -0.39 is 10.0 Å². The third-order valence-corrected chi connectivity index (χ3v) is 4.71. The van der Waals surface area contributed by atoms with E-state index >= 15 is 0 Å². The molecule has 6 heteroatoms. The molecular formula is C12H16N2O2S2. The van der Waals surface area contributed by atoms with Gasteiger partial charge >= 0.3 is 0 Å².